The largest absolute Gasteiger partial charge is 0.341 e. The molecule has 1 atom stereocenters. The lowest BCUT2D eigenvalue weighted by Crippen LogP contribution is -2.44. The molecule has 28 heavy (non-hydrogen) atoms. The maximum Gasteiger partial charge on any atom is 0.325 e. The van der Waals surface area contributed by atoms with Gasteiger partial charge in [0.25, 0.3) is 5.91 Å². The number of rotatable bonds is 3. The summed E-state index contributed by atoms with van der Waals surface area (Å²) in [6.07, 6.45) is 4.18. The molecule has 2 aromatic rings. The van der Waals surface area contributed by atoms with Crippen molar-refractivity contribution in [1.82, 2.24) is 15.1 Å². The standard InChI is InChI=1S/C22H25N3O3/c1-22(18-11-10-16-8-4-5-9-17(16)14-18)20(27)25(21(28)23-22)15-19(26)24-12-6-2-3-7-13-24/h4-5,8-11,14H,2-3,6-7,12-13,15H2,1H3,(H,23,28). The van der Waals surface area contributed by atoms with Gasteiger partial charge in [0.1, 0.15) is 12.1 Å². The van der Waals surface area contributed by atoms with Gasteiger partial charge in [-0.1, -0.05) is 49.2 Å². The first-order valence-electron chi connectivity index (χ1n) is 9.90. The van der Waals surface area contributed by atoms with Crippen molar-refractivity contribution >= 4 is 28.6 Å². The van der Waals surface area contributed by atoms with Crippen LogP contribution >= 0.6 is 0 Å². The van der Waals surface area contributed by atoms with Crippen molar-refractivity contribution in [2.75, 3.05) is 19.6 Å². The minimum absolute atomic E-state index is 0.159. The van der Waals surface area contributed by atoms with Crippen molar-refractivity contribution < 1.29 is 14.4 Å². The van der Waals surface area contributed by atoms with Crippen LogP contribution in [-0.2, 0) is 15.1 Å². The van der Waals surface area contributed by atoms with E-state index in [4.69, 9.17) is 0 Å². The van der Waals surface area contributed by atoms with Gasteiger partial charge in [-0.25, -0.2) is 4.79 Å². The molecule has 4 amide bonds. The molecule has 0 aromatic heterocycles. The second kappa shape index (κ2) is 7.26. The van der Waals surface area contributed by atoms with Gasteiger partial charge in [-0.2, -0.15) is 0 Å². The summed E-state index contributed by atoms with van der Waals surface area (Å²) in [7, 11) is 0. The Bertz CT molecular complexity index is 934. The molecule has 1 N–H and O–H groups in total. The fourth-order valence-corrected chi connectivity index (χ4v) is 4.09. The molecule has 2 aliphatic heterocycles. The third-order valence-electron chi connectivity index (χ3n) is 5.85. The van der Waals surface area contributed by atoms with Crippen molar-refractivity contribution in [3.63, 3.8) is 0 Å². The molecule has 2 saturated heterocycles. The van der Waals surface area contributed by atoms with E-state index in [0.717, 1.165) is 41.4 Å². The summed E-state index contributed by atoms with van der Waals surface area (Å²) in [6, 6.07) is 13.1. The second-order valence-corrected chi connectivity index (χ2v) is 7.80. The van der Waals surface area contributed by atoms with E-state index in [9.17, 15) is 14.4 Å². The van der Waals surface area contributed by atoms with Crippen molar-refractivity contribution in [2.45, 2.75) is 38.1 Å². The summed E-state index contributed by atoms with van der Waals surface area (Å²) in [5.74, 6) is -0.538. The highest BCUT2D eigenvalue weighted by Gasteiger charge is 2.49. The monoisotopic (exact) mass is 379 g/mol. The normalized spacial score (nSPS) is 23.0. The number of benzene rings is 2. The molecule has 2 fully saturated rings. The van der Waals surface area contributed by atoms with Gasteiger partial charge in [-0.05, 0) is 42.2 Å². The van der Waals surface area contributed by atoms with Crippen LogP contribution in [-0.4, -0.2) is 47.3 Å². The Morgan fingerprint density at radius 2 is 1.68 bits per heavy atom. The van der Waals surface area contributed by atoms with Crippen LogP contribution in [0.3, 0.4) is 0 Å². The van der Waals surface area contributed by atoms with Crippen LogP contribution in [0, 0.1) is 0 Å². The number of carbonyl (C=O) groups excluding carboxylic acids is 3. The summed E-state index contributed by atoms with van der Waals surface area (Å²) in [5, 5.41) is 4.87. The Morgan fingerprint density at radius 1 is 1.00 bits per heavy atom. The first-order chi connectivity index (χ1) is 13.5. The molecule has 2 aromatic carbocycles. The molecule has 0 aliphatic carbocycles. The second-order valence-electron chi connectivity index (χ2n) is 7.80. The fraction of sp³-hybridized carbons (Fsp3) is 0.409. The number of imide groups is 1. The molecular weight excluding hydrogens is 354 g/mol. The molecule has 0 radical (unpaired) electrons. The van der Waals surface area contributed by atoms with E-state index in [1.807, 2.05) is 42.5 Å². The van der Waals surface area contributed by atoms with Crippen LogP contribution in [0.2, 0.25) is 0 Å². The highest BCUT2D eigenvalue weighted by Crippen LogP contribution is 2.31. The predicted octanol–water partition coefficient (Wildman–Crippen LogP) is 3.01. The number of likely N-dealkylation sites (tertiary alicyclic amines) is 1. The van der Waals surface area contributed by atoms with Gasteiger partial charge in [0, 0.05) is 13.1 Å². The first-order valence-corrected chi connectivity index (χ1v) is 9.90. The Morgan fingerprint density at radius 3 is 2.39 bits per heavy atom. The molecule has 6 nitrogen and oxygen atoms in total. The highest BCUT2D eigenvalue weighted by molar-refractivity contribution is 6.09. The maximum atomic E-state index is 13.1. The third-order valence-corrected chi connectivity index (χ3v) is 5.85. The van der Waals surface area contributed by atoms with Crippen LogP contribution in [0.4, 0.5) is 4.79 Å². The topological polar surface area (TPSA) is 69.7 Å². The SMILES string of the molecule is CC1(c2ccc3ccccc3c2)NC(=O)N(CC(=O)N2CCCCCC2)C1=O. The Labute approximate surface area is 164 Å². The molecular formula is C22H25N3O3. The number of urea groups is 1. The number of nitrogens with zero attached hydrogens (tertiary/aromatic N) is 2. The molecule has 6 heteroatoms. The first kappa shape index (κ1) is 18.5. The average molecular weight is 379 g/mol. The van der Waals surface area contributed by atoms with Crippen LogP contribution in [0.1, 0.15) is 38.2 Å². The van der Waals surface area contributed by atoms with Crippen LogP contribution in [0.5, 0.6) is 0 Å². The van der Waals surface area contributed by atoms with Gasteiger partial charge in [0.2, 0.25) is 5.91 Å². The summed E-state index contributed by atoms with van der Waals surface area (Å²) in [4.78, 5) is 41.2. The number of hydrogen-bond acceptors (Lipinski definition) is 3. The van der Waals surface area contributed by atoms with Gasteiger partial charge >= 0.3 is 6.03 Å². The van der Waals surface area contributed by atoms with E-state index < -0.39 is 11.6 Å². The molecule has 0 saturated carbocycles. The molecule has 4 rings (SSSR count). The smallest absolute Gasteiger partial charge is 0.325 e. The number of amides is 4. The molecule has 2 heterocycles. The van der Waals surface area contributed by atoms with Gasteiger partial charge in [0.05, 0.1) is 0 Å². The summed E-state index contributed by atoms with van der Waals surface area (Å²) >= 11 is 0. The van der Waals surface area contributed by atoms with E-state index in [1.54, 1.807) is 11.8 Å². The average Bonchev–Trinajstić information content (AvgIpc) is 2.91. The van der Waals surface area contributed by atoms with E-state index in [-0.39, 0.29) is 18.4 Å². The third kappa shape index (κ3) is 3.23. The van der Waals surface area contributed by atoms with Crippen molar-refractivity contribution in [2.24, 2.45) is 0 Å². The number of fused-ring (bicyclic) bond motifs is 1. The lowest BCUT2D eigenvalue weighted by molar-refractivity contribution is -0.138. The summed E-state index contributed by atoms with van der Waals surface area (Å²) < 4.78 is 0. The van der Waals surface area contributed by atoms with E-state index >= 15 is 0 Å². The summed E-state index contributed by atoms with van der Waals surface area (Å²) in [6.45, 7) is 2.90. The molecule has 0 spiro atoms. The van der Waals surface area contributed by atoms with Crippen molar-refractivity contribution in [3.8, 4) is 0 Å². The minimum Gasteiger partial charge on any atom is -0.341 e. The maximum absolute atomic E-state index is 13.1. The van der Waals surface area contributed by atoms with Gasteiger partial charge in [-0.15, -0.1) is 0 Å². The number of hydrogen-bond donors (Lipinski definition) is 1. The lowest BCUT2D eigenvalue weighted by atomic mass is 9.90. The van der Waals surface area contributed by atoms with Gasteiger partial charge in [-0.3, -0.25) is 14.5 Å². The Kier molecular flexibility index (Phi) is 4.79. The molecule has 0 bridgehead atoms. The van der Waals surface area contributed by atoms with Crippen LogP contribution in [0.25, 0.3) is 10.8 Å². The fourth-order valence-electron chi connectivity index (χ4n) is 4.09. The van der Waals surface area contributed by atoms with E-state index in [2.05, 4.69) is 5.32 Å². The molecule has 2 aliphatic rings. The molecule has 1 unspecified atom stereocenters. The van der Waals surface area contributed by atoms with Crippen molar-refractivity contribution in [1.29, 1.82) is 0 Å². The van der Waals surface area contributed by atoms with Crippen molar-refractivity contribution in [3.05, 3.63) is 48.0 Å². The van der Waals surface area contributed by atoms with Gasteiger partial charge < -0.3 is 10.2 Å². The Hall–Kier alpha value is -2.89. The summed E-state index contributed by atoms with van der Waals surface area (Å²) in [5.41, 5.74) is -0.450. The predicted molar refractivity (Wildman–Crippen MR) is 107 cm³/mol. The highest BCUT2D eigenvalue weighted by atomic mass is 16.2. The Balaban J connectivity index is 1.56. The number of carbonyl (C=O) groups is 3. The van der Waals surface area contributed by atoms with Gasteiger partial charge in [0.15, 0.2) is 0 Å². The minimum atomic E-state index is -1.17. The van der Waals surface area contributed by atoms with E-state index in [1.165, 1.54) is 0 Å². The lowest BCUT2D eigenvalue weighted by Gasteiger charge is -2.24. The zero-order valence-electron chi connectivity index (χ0n) is 16.1. The zero-order valence-corrected chi connectivity index (χ0v) is 16.1. The zero-order chi connectivity index (χ0) is 19.7. The number of nitrogens with one attached hydrogen (secondary N) is 1. The van der Waals surface area contributed by atoms with Crippen LogP contribution < -0.4 is 5.32 Å². The molecule has 146 valence electrons. The van der Waals surface area contributed by atoms with Crippen LogP contribution in [0.15, 0.2) is 42.5 Å². The quantitative estimate of drug-likeness (QED) is 0.834. The van der Waals surface area contributed by atoms with E-state index in [0.29, 0.717) is 18.7 Å².